The molecule has 3 rings (SSSR count). The van der Waals surface area contributed by atoms with Gasteiger partial charge in [0.25, 0.3) is 0 Å². The van der Waals surface area contributed by atoms with E-state index in [1.165, 1.54) is 24.0 Å². The molecule has 1 aliphatic carbocycles. The minimum absolute atomic E-state index is 0.0507. The van der Waals surface area contributed by atoms with Crippen molar-refractivity contribution in [3.8, 4) is 0 Å². The molecule has 0 radical (unpaired) electrons. The van der Waals surface area contributed by atoms with E-state index in [-0.39, 0.29) is 23.0 Å². The predicted molar refractivity (Wildman–Crippen MR) is 105 cm³/mol. The molecule has 2 aliphatic rings. The second kappa shape index (κ2) is 7.69. The van der Waals surface area contributed by atoms with E-state index in [2.05, 4.69) is 55.3 Å². The molecular formula is C22H34N2O2. The minimum Gasteiger partial charge on any atom is -0.370 e. The first-order valence-corrected chi connectivity index (χ1v) is 10.0. The summed E-state index contributed by atoms with van der Waals surface area (Å²) in [5, 5.41) is 3.16. The molecule has 144 valence electrons. The van der Waals surface area contributed by atoms with Crippen LogP contribution < -0.4 is 5.32 Å². The lowest BCUT2D eigenvalue weighted by molar-refractivity contribution is -0.150. The Morgan fingerprint density at radius 1 is 1.27 bits per heavy atom. The van der Waals surface area contributed by atoms with Crippen molar-refractivity contribution in [1.29, 1.82) is 0 Å². The van der Waals surface area contributed by atoms with Crippen molar-refractivity contribution in [2.75, 3.05) is 19.7 Å². The Kier molecular flexibility index (Phi) is 5.73. The number of morpholine rings is 1. The molecule has 2 unspecified atom stereocenters. The van der Waals surface area contributed by atoms with Crippen LogP contribution in [-0.4, -0.2) is 42.1 Å². The van der Waals surface area contributed by atoms with Gasteiger partial charge in [0.05, 0.1) is 12.6 Å². The van der Waals surface area contributed by atoms with Crippen molar-refractivity contribution >= 4 is 5.91 Å². The number of nitrogens with one attached hydrogen (secondary N) is 1. The minimum atomic E-state index is -0.215. The van der Waals surface area contributed by atoms with Crippen molar-refractivity contribution in [1.82, 2.24) is 10.2 Å². The Bertz CT molecular complexity index is 616. The predicted octanol–water partition coefficient (Wildman–Crippen LogP) is 3.63. The molecule has 1 aromatic carbocycles. The van der Waals surface area contributed by atoms with E-state index in [4.69, 9.17) is 4.74 Å². The van der Waals surface area contributed by atoms with Gasteiger partial charge < -0.3 is 10.1 Å². The summed E-state index contributed by atoms with van der Waals surface area (Å²) in [7, 11) is 0. The quantitative estimate of drug-likeness (QED) is 0.897. The van der Waals surface area contributed by atoms with E-state index < -0.39 is 0 Å². The highest BCUT2D eigenvalue weighted by Gasteiger charge is 2.45. The smallest absolute Gasteiger partial charge is 0.217 e. The highest BCUT2D eigenvalue weighted by molar-refractivity contribution is 5.73. The molecule has 4 nitrogen and oxygen atoms in total. The van der Waals surface area contributed by atoms with Crippen molar-refractivity contribution in [3.05, 3.63) is 35.4 Å². The van der Waals surface area contributed by atoms with E-state index in [1.54, 1.807) is 6.92 Å². The SMILES string of the molecule is CC(=O)NC1CCCCC12CN(Cc1ccc(C(C)(C)C)cc1)CCO2. The lowest BCUT2D eigenvalue weighted by atomic mass is 9.78. The van der Waals surface area contributed by atoms with Crippen molar-refractivity contribution in [3.63, 3.8) is 0 Å². The van der Waals surface area contributed by atoms with Gasteiger partial charge in [0.15, 0.2) is 0 Å². The van der Waals surface area contributed by atoms with Gasteiger partial charge in [-0.05, 0) is 29.4 Å². The third kappa shape index (κ3) is 4.47. The number of amides is 1. The summed E-state index contributed by atoms with van der Waals surface area (Å²) in [6.07, 6.45) is 4.42. The average Bonchev–Trinajstić information content (AvgIpc) is 2.57. The molecule has 1 saturated carbocycles. The molecule has 1 spiro atoms. The maximum absolute atomic E-state index is 11.6. The monoisotopic (exact) mass is 358 g/mol. The summed E-state index contributed by atoms with van der Waals surface area (Å²) in [6.45, 7) is 11.9. The number of hydrogen-bond acceptors (Lipinski definition) is 3. The van der Waals surface area contributed by atoms with Crippen molar-refractivity contribution < 1.29 is 9.53 Å². The molecule has 1 saturated heterocycles. The standard InChI is InChI=1S/C22H34N2O2/c1-17(25)23-20-7-5-6-12-22(20)16-24(13-14-26-22)15-18-8-10-19(11-9-18)21(2,3)4/h8-11,20H,5-7,12-16H2,1-4H3,(H,23,25). The summed E-state index contributed by atoms with van der Waals surface area (Å²) in [5.74, 6) is 0.0507. The van der Waals surface area contributed by atoms with E-state index >= 15 is 0 Å². The van der Waals surface area contributed by atoms with Gasteiger partial charge >= 0.3 is 0 Å². The first-order valence-electron chi connectivity index (χ1n) is 10.0. The molecule has 2 atom stereocenters. The summed E-state index contributed by atoms with van der Waals surface area (Å²) in [4.78, 5) is 14.1. The lowest BCUT2D eigenvalue weighted by Crippen LogP contribution is -2.63. The Morgan fingerprint density at radius 3 is 2.65 bits per heavy atom. The second-order valence-corrected chi connectivity index (χ2v) is 9.07. The molecule has 1 heterocycles. The van der Waals surface area contributed by atoms with Crippen LogP contribution in [0.15, 0.2) is 24.3 Å². The zero-order valence-corrected chi connectivity index (χ0v) is 16.8. The van der Waals surface area contributed by atoms with Gasteiger partial charge in [-0.15, -0.1) is 0 Å². The maximum atomic E-state index is 11.6. The molecule has 1 aromatic rings. The highest BCUT2D eigenvalue weighted by Crippen LogP contribution is 2.35. The van der Waals surface area contributed by atoms with Crippen LogP contribution in [0.5, 0.6) is 0 Å². The fourth-order valence-electron chi connectivity index (χ4n) is 4.41. The zero-order valence-electron chi connectivity index (χ0n) is 16.8. The van der Waals surface area contributed by atoms with Crippen LogP contribution in [0.25, 0.3) is 0 Å². The molecule has 26 heavy (non-hydrogen) atoms. The average molecular weight is 359 g/mol. The summed E-state index contributed by atoms with van der Waals surface area (Å²) >= 11 is 0. The second-order valence-electron chi connectivity index (χ2n) is 9.07. The fraction of sp³-hybridized carbons (Fsp3) is 0.682. The van der Waals surface area contributed by atoms with Gasteiger partial charge in [0.2, 0.25) is 5.91 Å². The van der Waals surface area contributed by atoms with Crippen molar-refractivity contribution in [2.45, 2.75) is 77.0 Å². The lowest BCUT2D eigenvalue weighted by Gasteiger charge is -2.49. The summed E-state index contributed by atoms with van der Waals surface area (Å²) in [6, 6.07) is 9.17. The van der Waals surface area contributed by atoms with E-state index in [0.717, 1.165) is 39.1 Å². The molecule has 0 bridgehead atoms. The van der Waals surface area contributed by atoms with Crippen LogP contribution >= 0.6 is 0 Å². The van der Waals surface area contributed by atoms with Crippen LogP contribution in [0.2, 0.25) is 0 Å². The van der Waals surface area contributed by atoms with Gasteiger partial charge in [0.1, 0.15) is 5.60 Å². The third-order valence-electron chi connectivity index (χ3n) is 5.87. The van der Waals surface area contributed by atoms with Crippen LogP contribution in [0.4, 0.5) is 0 Å². The van der Waals surface area contributed by atoms with Crippen LogP contribution in [0.3, 0.4) is 0 Å². The molecule has 1 aliphatic heterocycles. The molecular weight excluding hydrogens is 324 g/mol. The summed E-state index contributed by atoms with van der Waals surface area (Å²) < 4.78 is 6.30. The largest absolute Gasteiger partial charge is 0.370 e. The Morgan fingerprint density at radius 2 is 2.00 bits per heavy atom. The summed E-state index contributed by atoms with van der Waals surface area (Å²) in [5.41, 5.74) is 2.70. The van der Waals surface area contributed by atoms with Gasteiger partial charge in [-0.2, -0.15) is 0 Å². The number of hydrogen-bond donors (Lipinski definition) is 1. The number of carbonyl (C=O) groups is 1. The van der Waals surface area contributed by atoms with Gasteiger partial charge in [-0.1, -0.05) is 57.9 Å². The molecule has 0 aromatic heterocycles. The fourth-order valence-corrected chi connectivity index (χ4v) is 4.41. The Balaban J connectivity index is 1.68. The van der Waals surface area contributed by atoms with E-state index in [0.29, 0.717) is 0 Å². The number of nitrogens with zero attached hydrogens (tertiary/aromatic N) is 1. The Labute approximate surface area is 158 Å². The number of benzene rings is 1. The highest BCUT2D eigenvalue weighted by atomic mass is 16.5. The number of ether oxygens (including phenoxy) is 1. The van der Waals surface area contributed by atoms with Gasteiger partial charge in [-0.3, -0.25) is 9.69 Å². The molecule has 1 N–H and O–H groups in total. The molecule has 1 amide bonds. The first kappa shape index (κ1) is 19.4. The van der Waals surface area contributed by atoms with E-state index in [9.17, 15) is 4.79 Å². The maximum Gasteiger partial charge on any atom is 0.217 e. The van der Waals surface area contributed by atoms with Crippen LogP contribution in [0.1, 0.15) is 64.5 Å². The van der Waals surface area contributed by atoms with Crippen molar-refractivity contribution in [2.24, 2.45) is 0 Å². The van der Waals surface area contributed by atoms with Gasteiger partial charge in [0, 0.05) is 26.6 Å². The van der Waals surface area contributed by atoms with Crippen LogP contribution in [-0.2, 0) is 21.5 Å². The number of carbonyl (C=O) groups excluding carboxylic acids is 1. The zero-order chi connectivity index (χ0) is 18.8. The normalized spacial score (nSPS) is 27.5. The third-order valence-corrected chi connectivity index (χ3v) is 5.87. The van der Waals surface area contributed by atoms with E-state index in [1.807, 2.05) is 0 Å². The number of rotatable bonds is 3. The Hall–Kier alpha value is -1.39. The van der Waals surface area contributed by atoms with Crippen LogP contribution in [0, 0.1) is 0 Å². The molecule has 4 heteroatoms. The first-order chi connectivity index (χ1) is 12.3. The topological polar surface area (TPSA) is 41.6 Å². The van der Waals surface area contributed by atoms with Gasteiger partial charge in [-0.25, -0.2) is 0 Å². The molecule has 2 fully saturated rings.